The second-order valence-electron chi connectivity index (χ2n) is 5.00. The SMILES string of the molecule is O=C(O)c1ccc(-c2coc(-c3cccc(C(F)(F)F)c3)n2)cc1. The first-order chi connectivity index (χ1) is 11.3. The molecule has 0 saturated carbocycles. The van der Waals surface area contributed by atoms with Crippen LogP contribution < -0.4 is 0 Å². The number of hydrogen-bond acceptors (Lipinski definition) is 3. The summed E-state index contributed by atoms with van der Waals surface area (Å²) < 4.78 is 43.5. The van der Waals surface area contributed by atoms with Gasteiger partial charge >= 0.3 is 12.1 Å². The highest BCUT2D eigenvalue weighted by Gasteiger charge is 2.30. The van der Waals surface area contributed by atoms with Gasteiger partial charge in [0.2, 0.25) is 5.89 Å². The molecule has 0 radical (unpaired) electrons. The molecule has 0 amide bonds. The molecule has 7 heteroatoms. The van der Waals surface area contributed by atoms with Crippen molar-refractivity contribution in [1.82, 2.24) is 4.98 Å². The Balaban J connectivity index is 1.92. The van der Waals surface area contributed by atoms with Crippen molar-refractivity contribution in [2.75, 3.05) is 0 Å². The van der Waals surface area contributed by atoms with E-state index in [2.05, 4.69) is 4.98 Å². The van der Waals surface area contributed by atoms with Crippen LogP contribution in [0.3, 0.4) is 0 Å². The monoisotopic (exact) mass is 333 g/mol. The number of carbonyl (C=O) groups is 1. The maximum absolute atomic E-state index is 12.8. The van der Waals surface area contributed by atoms with E-state index in [0.717, 1.165) is 12.1 Å². The Kier molecular flexibility index (Phi) is 3.84. The van der Waals surface area contributed by atoms with Gasteiger partial charge in [-0.3, -0.25) is 0 Å². The van der Waals surface area contributed by atoms with Crippen LogP contribution in [0, 0.1) is 0 Å². The Labute approximate surface area is 134 Å². The first-order valence-electron chi connectivity index (χ1n) is 6.81. The van der Waals surface area contributed by atoms with Gasteiger partial charge in [-0.1, -0.05) is 18.2 Å². The van der Waals surface area contributed by atoms with Gasteiger partial charge in [-0.05, 0) is 30.3 Å². The van der Waals surface area contributed by atoms with E-state index in [-0.39, 0.29) is 17.0 Å². The van der Waals surface area contributed by atoms with E-state index in [1.54, 1.807) is 12.1 Å². The van der Waals surface area contributed by atoms with Crippen LogP contribution in [0.4, 0.5) is 13.2 Å². The van der Waals surface area contributed by atoms with Crippen LogP contribution in [0.1, 0.15) is 15.9 Å². The van der Waals surface area contributed by atoms with Crippen LogP contribution in [0.25, 0.3) is 22.7 Å². The molecule has 0 saturated heterocycles. The van der Waals surface area contributed by atoms with Crippen molar-refractivity contribution in [3.8, 4) is 22.7 Å². The lowest BCUT2D eigenvalue weighted by molar-refractivity contribution is -0.137. The third kappa shape index (κ3) is 3.15. The van der Waals surface area contributed by atoms with Gasteiger partial charge in [0.1, 0.15) is 12.0 Å². The quantitative estimate of drug-likeness (QED) is 0.753. The summed E-state index contributed by atoms with van der Waals surface area (Å²) in [6, 6.07) is 10.6. The predicted molar refractivity (Wildman–Crippen MR) is 79.3 cm³/mol. The molecule has 0 atom stereocenters. The molecule has 2 aromatic carbocycles. The van der Waals surface area contributed by atoms with E-state index in [9.17, 15) is 18.0 Å². The summed E-state index contributed by atoms with van der Waals surface area (Å²) in [6.45, 7) is 0. The molecule has 0 aliphatic rings. The van der Waals surface area contributed by atoms with Crippen LogP contribution in [0.5, 0.6) is 0 Å². The van der Waals surface area contributed by atoms with Gasteiger partial charge in [0.25, 0.3) is 0 Å². The summed E-state index contributed by atoms with van der Waals surface area (Å²) >= 11 is 0. The summed E-state index contributed by atoms with van der Waals surface area (Å²) in [4.78, 5) is 15.0. The zero-order chi connectivity index (χ0) is 17.3. The van der Waals surface area contributed by atoms with E-state index in [4.69, 9.17) is 9.52 Å². The molecule has 3 aromatic rings. The topological polar surface area (TPSA) is 63.3 Å². The van der Waals surface area contributed by atoms with Crippen molar-refractivity contribution in [1.29, 1.82) is 0 Å². The number of oxazole rings is 1. The smallest absolute Gasteiger partial charge is 0.416 e. The zero-order valence-electron chi connectivity index (χ0n) is 12.0. The van der Waals surface area contributed by atoms with Gasteiger partial charge < -0.3 is 9.52 Å². The van der Waals surface area contributed by atoms with Gasteiger partial charge in [0.05, 0.1) is 11.1 Å². The maximum Gasteiger partial charge on any atom is 0.416 e. The molecule has 0 fully saturated rings. The van der Waals surface area contributed by atoms with Crippen molar-refractivity contribution in [3.63, 3.8) is 0 Å². The number of halogens is 3. The molecule has 1 N–H and O–H groups in total. The third-order valence-electron chi connectivity index (χ3n) is 3.37. The number of benzene rings is 2. The molecule has 4 nitrogen and oxygen atoms in total. The zero-order valence-corrected chi connectivity index (χ0v) is 12.0. The van der Waals surface area contributed by atoms with E-state index >= 15 is 0 Å². The molecule has 1 aromatic heterocycles. The number of carboxylic acid groups (broad SMARTS) is 1. The number of aromatic carboxylic acids is 1. The van der Waals surface area contributed by atoms with Crippen molar-refractivity contribution in [2.45, 2.75) is 6.18 Å². The van der Waals surface area contributed by atoms with E-state index in [1.165, 1.54) is 30.5 Å². The Morgan fingerprint density at radius 3 is 2.38 bits per heavy atom. The van der Waals surface area contributed by atoms with Gasteiger partial charge in [0.15, 0.2) is 0 Å². The number of carboxylic acids is 1. The van der Waals surface area contributed by atoms with Crippen molar-refractivity contribution in [2.24, 2.45) is 0 Å². The van der Waals surface area contributed by atoms with Gasteiger partial charge in [-0.15, -0.1) is 0 Å². The van der Waals surface area contributed by atoms with Crippen LogP contribution >= 0.6 is 0 Å². The summed E-state index contributed by atoms with van der Waals surface area (Å²) in [5.74, 6) is -0.996. The Morgan fingerprint density at radius 1 is 1.04 bits per heavy atom. The Hall–Kier alpha value is -3.09. The number of aromatic nitrogens is 1. The molecule has 0 unspecified atom stereocenters. The first-order valence-corrected chi connectivity index (χ1v) is 6.81. The van der Waals surface area contributed by atoms with Crippen molar-refractivity contribution >= 4 is 5.97 Å². The summed E-state index contributed by atoms with van der Waals surface area (Å²) in [5, 5.41) is 8.86. The Morgan fingerprint density at radius 2 is 1.75 bits per heavy atom. The number of nitrogens with zero attached hydrogens (tertiary/aromatic N) is 1. The fourth-order valence-electron chi connectivity index (χ4n) is 2.15. The van der Waals surface area contributed by atoms with Crippen molar-refractivity contribution in [3.05, 3.63) is 65.9 Å². The van der Waals surface area contributed by atoms with Crippen LogP contribution in [-0.4, -0.2) is 16.1 Å². The normalized spacial score (nSPS) is 11.5. The molecule has 1 heterocycles. The fraction of sp³-hybridized carbons (Fsp3) is 0.0588. The summed E-state index contributed by atoms with van der Waals surface area (Å²) in [6.07, 6.45) is -3.14. The molecule has 3 rings (SSSR count). The highest BCUT2D eigenvalue weighted by atomic mass is 19.4. The van der Waals surface area contributed by atoms with Gasteiger partial charge in [0, 0.05) is 11.1 Å². The fourth-order valence-corrected chi connectivity index (χ4v) is 2.15. The summed E-state index contributed by atoms with van der Waals surface area (Å²) in [5.41, 5.74) is 0.547. The van der Waals surface area contributed by atoms with E-state index in [1.807, 2.05) is 0 Å². The van der Waals surface area contributed by atoms with Crippen LogP contribution in [0.15, 0.2) is 59.2 Å². The molecule has 0 spiro atoms. The van der Waals surface area contributed by atoms with Crippen LogP contribution in [-0.2, 0) is 6.18 Å². The molecule has 122 valence electrons. The maximum atomic E-state index is 12.8. The molecule has 0 bridgehead atoms. The molecular weight excluding hydrogens is 323 g/mol. The minimum atomic E-state index is -4.45. The number of alkyl halides is 3. The highest BCUT2D eigenvalue weighted by Crippen LogP contribution is 2.32. The lowest BCUT2D eigenvalue weighted by atomic mass is 10.1. The van der Waals surface area contributed by atoms with E-state index in [0.29, 0.717) is 11.3 Å². The lowest BCUT2D eigenvalue weighted by Crippen LogP contribution is -2.04. The predicted octanol–water partition coefficient (Wildman–Crippen LogP) is 4.73. The standard InChI is InChI=1S/C17H10F3NO3/c18-17(19,20)13-3-1-2-12(8-13)15-21-14(9-24-15)10-4-6-11(7-5-10)16(22)23/h1-9H,(H,22,23). The van der Waals surface area contributed by atoms with Gasteiger partial charge in [-0.25, -0.2) is 9.78 Å². The molecule has 0 aliphatic heterocycles. The molecule has 0 aliphatic carbocycles. The second-order valence-corrected chi connectivity index (χ2v) is 5.00. The Bertz CT molecular complexity index is 883. The second kappa shape index (κ2) is 5.84. The van der Waals surface area contributed by atoms with Crippen molar-refractivity contribution < 1.29 is 27.5 Å². The number of hydrogen-bond donors (Lipinski definition) is 1. The minimum absolute atomic E-state index is 0.0541. The van der Waals surface area contributed by atoms with Crippen LogP contribution in [0.2, 0.25) is 0 Å². The number of rotatable bonds is 3. The largest absolute Gasteiger partial charge is 0.478 e. The molecular formula is C17H10F3NO3. The minimum Gasteiger partial charge on any atom is -0.478 e. The van der Waals surface area contributed by atoms with E-state index < -0.39 is 17.7 Å². The third-order valence-corrected chi connectivity index (χ3v) is 3.37. The van der Waals surface area contributed by atoms with Gasteiger partial charge in [-0.2, -0.15) is 13.2 Å². The lowest BCUT2D eigenvalue weighted by Gasteiger charge is -2.06. The molecule has 24 heavy (non-hydrogen) atoms. The summed E-state index contributed by atoms with van der Waals surface area (Å²) in [7, 11) is 0. The average molecular weight is 333 g/mol. The first kappa shape index (κ1) is 15.8. The average Bonchev–Trinajstić information content (AvgIpc) is 3.04. The highest BCUT2D eigenvalue weighted by molar-refractivity contribution is 5.88.